The molecule has 0 heterocycles. The number of hydrogen-bond acceptors (Lipinski definition) is 2. The van der Waals surface area contributed by atoms with Crippen LogP contribution < -0.4 is 0 Å². The molecular weight excluding hydrogens is 143 g/mol. The first kappa shape index (κ1) is 7.24. The van der Waals surface area contributed by atoms with Gasteiger partial charge in [-0.05, 0) is 18.2 Å². The van der Waals surface area contributed by atoms with Gasteiger partial charge in [0.1, 0.15) is 11.9 Å². The molecule has 0 fully saturated rings. The van der Waals surface area contributed by atoms with Crippen LogP contribution in [0.1, 0.15) is 11.1 Å². The molecule has 0 amide bonds. The fourth-order valence-corrected chi connectivity index (χ4v) is 0.681. The molecule has 0 spiro atoms. The van der Waals surface area contributed by atoms with Crippen molar-refractivity contribution in [3.05, 3.63) is 35.1 Å². The largest absolute Gasteiger partial charge is 0.206 e. The third kappa shape index (κ3) is 1.33. The number of hydrogen-bond donors (Lipinski definition) is 0. The van der Waals surface area contributed by atoms with E-state index < -0.39 is 5.82 Å². The van der Waals surface area contributed by atoms with Crippen LogP contribution in [0.5, 0.6) is 0 Å². The molecule has 0 atom stereocenters. The molecule has 0 N–H and O–H groups in total. The first-order valence-corrected chi connectivity index (χ1v) is 2.87. The molecule has 0 unspecified atom stereocenters. The van der Waals surface area contributed by atoms with Gasteiger partial charge in [0.25, 0.3) is 0 Å². The van der Waals surface area contributed by atoms with E-state index in [0.717, 1.165) is 6.07 Å². The molecule has 11 heavy (non-hydrogen) atoms. The van der Waals surface area contributed by atoms with Gasteiger partial charge in [0.15, 0.2) is 0 Å². The number of rotatable bonds is 0. The van der Waals surface area contributed by atoms with Gasteiger partial charge in [-0.1, -0.05) is 0 Å². The smallest absolute Gasteiger partial charge is 0.141 e. The SMILES string of the molecule is N#Cc1ccc(F)c(C#N)c1. The second-order valence-corrected chi connectivity index (χ2v) is 1.92. The third-order valence-corrected chi connectivity index (χ3v) is 1.22. The van der Waals surface area contributed by atoms with Crippen LogP contribution in [0.25, 0.3) is 0 Å². The predicted molar refractivity (Wildman–Crippen MR) is 35.8 cm³/mol. The van der Waals surface area contributed by atoms with E-state index in [1.165, 1.54) is 12.1 Å². The monoisotopic (exact) mass is 146 g/mol. The Labute approximate surface area is 63.1 Å². The van der Waals surface area contributed by atoms with Crippen LogP contribution in [-0.2, 0) is 0 Å². The second kappa shape index (κ2) is 2.81. The highest BCUT2D eigenvalue weighted by molar-refractivity contribution is 5.39. The van der Waals surface area contributed by atoms with Crippen molar-refractivity contribution in [1.82, 2.24) is 0 Å². The van der Waals surface area contributed by atoms with Gasteiger partial charge in [-0.25, -0.2) is 4.39 Å². The summed E-state index contributed by atoms with van der Waals surface area (Å²) in [4.78, 5) is 0. The summed E-state index contributed by atoms with van der Waals surface area (Å²) in [6, 6.07) is 7.11. The minimum absolute atomic E-state index is 0.0935. The highest BCUT2D eigenvalue weighted by Gasteiger charge is 2.00. The highest BCUT2D eigenvalue weighted by atomic mass is 19.1. The van der Waals surface area contributed by atoms with E-state index in [4.69, 9.17) is 10.5 Å². The average Bonchev–Trinajstić information content (AvgIpc) is 2.05. The minimum Gasteiger partial charge on any atom is -0.206 e. The van der Waals surface area contributed by atoms with Crippen molar-refractivity contribution in [3.8, 4) is 12.1 Å². The van der Waals surface area contributed by atoms with E-state index in [-0.39, 0.29) is 5.56 Å². The second-order valence-electron chi connectivity index (χ2n) is 1.92. The van der Waals surface area contributed by atoms with E-state index in [9.17, 15) is 4.39 Å². The fraction of sp³-hybridized carbons (Fsp3) is 0. The van der Waals surface area contributed by atoms with Crippen molar-refractivity contribution >= 4 is 0 Å². The summed E-state index contributed by atoms with van der Waals surface area (Å²) in [5, 5.41) is 16.7. The van der Waals surface area contributed by atoms with Gasteiger partial charge in [0, 0.05) is 0 Å². The molecule has 3 heteroatoms. The predicted octanol–water partition coefficient (Wildman–Crippen LogP) is 1.57. The lowest BCUT2D eigenvalue weighted by Gasteiger charge is -1.91. The number of nitrogens with zero attached hydrogens (tertiary/aromatic N) is 2. The molecule has 0 radical (unpaired) electrons. The van der Waals surface area contributed by atoms with Crippen LogP contribution in [0.2, 0.25) is 0 Å². The van der Waals surface area contributed by atoms with Gasteiger partial charge < -0.3 is 0 Å². The van der Waals surface area contributed by atoms with E-state index in [0.29, 0.717) is 5.56 Å². The van der Waals surface area contributed by atoms with Gasteiger partial charge in [0.05, 0.1) is 17.2 Å². The van der Waals surface area contributed by atoms with Crippen molar-refractivity contribution in [2.45, 2.75) is 0 Å². The van der Waals surface area contributed by atoms with Crippen molar-refractivity contribution in [2.75, 3.05) is 0 Å². The van der Waals surface area contributed by atoms with Gasteiger partial charge in [-0.2, -0.15) is 10.5 Å². The molecule has 1 rings (SSSR count). The lowest BCUT2D eigenvalue weighted by molar-refractivity contribution is 0.624. The van der Waals surface area contributed by atoms with Crippen LogP contribution in [-0.4, -0.2) is 0 Å². The van der Waals surface area contributed by atoms with Crippen LogP contribution in [0, 0.1) is 28.5 Å². The molecular formula is C8H3FN2. The Morgan fingerprint density at radius 1 is 1.18 bits per heavy atom. The first-order valence-electron chi connectivity index (χ1n) is 2.87. The minimum atomic E-state index is -0.591. The summed E-state index contributed by atoms with van der Waals surface area (Å²) in [7, 11) is 0. The van der Waals surface area contributed by atoms with Crippen LogP contribution in [0.15, 0.2) is 18.2 Å². The lowest BCUT2D eigenvalue weighted by atomic mass is 10.1. The summed E-state index contributed by atoms with van der Waals surface area (Å²) in [5.41, 5.74) is 0.201. The molecule has 0 aliphatic heterocycles. The Balaban J connectivity index is 3.29. The summed E-state index contributed by atoms with van der Waals surface area (Å²) < 4.78 is 12.6. The first-order chi connectivity index (χ1) is 5.27. The zero-order chi connectivity index (χ0) is 8.27. The molecule has 0 aliphatic rings. The molecule has 0 aromatic heterocycles. The molecule has 0 bridgehead atoms. The normalized spacial score (nSPS) is 8.27. The van der Waals surface area contributed by atoms with Crippen LogP contribution in [0.3, 0.4) is 0 Å². The van der Waals surface area contributed by atoms with Gasteiger partial charge in [-0.3, -0.25) is 0 Å². The number of benzene rings is 1. The molecule has 1 aromatic carbocycles. The van der Waals surface area contributed by atoms with E-state index in [1.807, 2.05) is 6.07 Å². The number of halogens is 1. The van der Waals surface area contributed by atoms with Gasteiger partial charge >= 0.3 is 0 Å². The maximum absolute atomic E-state index is 12.6. The Hall–Kier alpha value is -1.87. The van der Waals surface area contributed by atoms with E-state index in [2.05, 4.69) is 0 Å². The molecule has 2 nitrogen and oxygen atoms in total. The maximum atomic E-state index is 12.6. The zero-order valence-corrected chi connectivity index (χ0v) is 5.50. The van der Waals surface area contributed by atoms with Crippen molar-refractivity contribution in [2.24, 2.45) is 0 Å². The summed E-state index contributed by atoms with van der Waals surface area (Å²) in [6.45, 7) is 0. The maximum Gasteiger partial charge on any atom is 0.141 e. The van der Waals surface area contributed by atoms with Crippen molar-refractivity contribution in [3.63, 3.8) is 0 Å². The molecule has 52 valence electrons. The average molecular weight is 146 g/mol. The van der Waals surface area contributed by atoms with E-state index >= 15 is 0 Å². The van der Waals surface area contributed by atoms with Crippen molar-refractivity contribution in [1.29, 1.82) is 10.5 Å². The van der Waals surface area contributed by atoms with E-state index in [1.54, 1.807) is 6.07 Å². The summed E-state index contributed by atoms with van der Waals surface area (Å²) in [6.07, 6.45) is 0. The Bertz CT molecular complexity index is 357. The zero-order valence-electron chi connectivity index (χ0n) is 5.50. The standard InChI is InChI=1S/C8H3FN2/c9-8-2-1-6(4-10)3-7(8)5-11/h1-3H. The Kier molecular flexibility index (Phi) is 1.85. The molecule has 1 aromatic rings. The Morgan fingerprint density at radius 3 is 2.45 bits per heavy atom. The number of nitriles is 2. The lowest BCUT2D eigenvalue weighted by Crippen LogP contribution is -1.84. The van der Waals surface area contributed by atoms with Gasteiger partial charge in [-0.15, -0.1) is 0 Å². The van der Waals surface area contributed by atoms with Crippen LogP contribution >= 0.6 is 0 Å². The van der Waals surface area contributed by atoms with Crippen LogP contribution in [0.4, 0.5) is 4.39 Å². The summed E-state index contributed by atoms with van der Waals surface area (Å²) >= 11 is 0. The fourth-order valence-electron chi connectivity index (χ4n) is 0.681. The van der Waals surface area contributed by atoms with Crippen molar-refractivity contribution < 1.29 is 4.39 Å². The molecule has 0 aliphatic carbocycles. The van der Waals surface area contributed by atoms with Gasteiger partial charge in [0.2, 0.25) is 0 Å². The summed E-state index contributed by atoms with van der Waals surface area (Å²) in [5.74, 6) is -0.591. The molecule has 0 saturated heterocycles. The quantitative estimate of drug-likeness (QED) is 0.557. The molecule has 0 saturated carbocycles. The Morgan fingerprint density at radius 2 is 1.91 bits per heavy atom. The topological polar surface area (TPSA) is 47.6 Å². The highest BCUT2D eigenvalue weighted by Crippen LogP contribution is 2.07. The third-order valence-electron chi connectivity index (χ3n) is 1.22.